The summed E-state index contributed by atoms with van der Waals surface area (Å²) in [5.41, 5.74) is 2.23. The molecule has 2 heteroatoms. The molecular weight excluding hydrogens is 258 g/mol. The van der Waals surface area contributed by atoms with E-state index < -0.39 is 0 Å². The molecule has 0 radical (unpaired) electrons. The predicted molar refractivity (Wildman–Crippen MR) is 85.2 cm³/mol. The summed E-state index contributed by atoms with van der Waals surface area (Å²) in [6.45, 7) is 0. The Morgan fingerprint density at radius 2 is 1.81 bits per heavy atom. The van der Waals surface area contributed by atoms with Crippen molar-refractivity contribution in [3.8, 4) is 0 Å². The number of hydrogen-bond donors (Lipinski definition) is 0. The Bertz CT molecular complexity index is 744. The zero-order valence-electron chi connectivity index (χ0n) is 11.8. The molecule has 2 aromatic carbocycles. The first-order chi connectivity index (χ1) is 10.3. The number of nitrogens with zero attached hydrogens (tertiary/aromatic N) is 1. The fraction of sp³-hybridized carbons (Fsp3) is 0.158. The monoisotopic (exact) mass is 275 g/mol. The summed E-state index contributed by atoms with van der Waals surface area (Å²) in [4.78, 5) is 16.3. The van der Waals surface area contributed by atoms with Crippen molar-refractivity contribution in [3.05, 3.63) is 78.1 Å². The van der Waals surface area contributed by atoms with Crippen LogP contribution in [0.25, 0.3) is 10.8 Å². The van der Waals surface area contributed by atoms with Crippen molar-refractivity contribution in [2.24, 2.45) is 0 Å². The van der Waals surface area contributed by atoms with Crippen molar-refractivity contribution >= 4 is 16.6 Å². The normalized spacial score (nSPS) is 10.7. The van der Waals surface area contributed by atoms with Crippen LogP contribution in [0.5, 0.6) is 0 Å². The molecular formula is C19H17NO. The van der Waals surface area contributed by atoms with Gasteiger partial charge in [-0.25, -0.2) is 0 Å². The van der Waals surface area contributed by atoms with Gasteiger partial charge >= 0.3 is 0 Å². The highest BCUT2D eigenvalue weighted by Gasteiger charge is 2.07. The molecule has 2 nitrogen and oxygen atoms in total. The van der Waals surface area contributed by atoms with Gasteiger partial charge in [0.2, 0.25) is 0 Å². The molecule has 0 aliphatic carbocycles. The first kappa shape index (κ1) is 13.5. The van der Waals surface area contributed by atoms with Crippen molar-refractivity contribution < 1.29 is 4.79 Å². The minimum absolute atomic E-state index is 0.273. The Morgan fingerprint density at radius 1 is 0.952 bits per heavy atom. The molecule has 0 amide bonds. The highest BCUT2D eigenvalue weighted by Crippen LogP contribution is 2.19. The smallest absolute Gasteiger partial charge is 0.137 e. The van der Waals surface area contributed by atoms with Crippen molar-refractivity contribution in [1.29, 1.82) is 0 Å². The van der Waals surface area contributed by atoms with Gasteiger partial charge in [0.05, 0.1) is 0 Å². The zero-order valence-corrected chi connectivity index (χ0v) is 11.8. The van der Waals surface area contributed by atoms with Crippen LogP contribution in [0.2, 0.25) is 0 Å². The van der Waals surface area contributed by atoms with E-state index in [1.807, 2.05) is 42.6 Å². The molecule has 0 saturated carbocycles. The summed E-state index contributed by atoms with van der Waals surface area (Å²) >= 11 is 0. The molecule has 1 heterocycles. The highest BCUT2D eigenvalue weighted by molar-refractivity contribution is 5.90. The molecule has 1 aromatic heterocycles. The molecule has 0 aliphatic rings. The molecule has 0 N–H and O–H groups in total. The lowest BCUT2D eigenvalue weighted by molar-refractivity contribution is -0.118. The lowest BCUT2D eigenvalue weighted by atomic mass is 9.98. The van der Waals surface area contributed by atoms with Gasteiger partial charge in [0, 0.05) is 25.2 Å². The SMILES string of the molecule is O=C(CCc1cccnc1)Cc1cccc2ccccc12. The second-order valence-corrected chi connectivity index (χ2v) is 5.21. The molecule has 21 heavy (non-hydrogen) atoms. The van der Waals surface area contributed by atoms with E-state index in [-0.39, 0.29) is 5.78 Å². The summed E-state index contributed by atoms with van der Waals surface area (Å²) in [6.07, 6.45) is 5.40. The fourth-order valence-corrected chi connectivity index (χ4v) is 2.58. The van der Waals surface area contributed by atoms with Crippen LogP contribution in [0.15, 0.2) is 67.0 Å². The minimum Gasteiger partial charge on any atom is -0.299 e. The zero-order chi connectivity index (χ0) is 14.5. The van der Waals surface area contributed by atoms with Gasteiger partial charge in [0.15, 0.2) is 0 Å². The van der Waals surface area contributed by atoms with E-state index in [4.69, 9.17) is 0 Å². The number of carbonyl (C=O) groups is 1. The lowest BCUT2D eigenvalue weighted by Gasteiger charge is -2.06. The van der Waals surface area contributed by atoms with Crippen LogP contribution in [-0.2, 0) is 17.6 Å². The van der Waals surface area contributed by atoms with Gasteiger partial charge in [-0.05, 0) is 34.4 Å². The minimum atomic E-state index is 0.273. The Balaban J connectivity index is 1.69. The van der Waals surface area contributed by atoms with E-state index in [0.29, 0.717) is 12.8 Å². The highest BCUT2D eigenvalue weighted by atomic mass is 16.1. The molecule has 104 valence electrons. The fourth-order valence-electron chi connectivity index (χ4n) is 2.58. The number of benzene rings is 2. The van der Waals surface area contributed by atoms with E-state index >= 15 is 0 Å². The largest absolute Gasteiger partial charge is 0.299 e. The van der Waals surface area contributed by atoms with Crippen LogP contribution < -0.4 is 0 Å². The number of pyridine rings is 1. The van der Waals surface area contributed by atoms with Crippen LogP contribution in [0, 0.1) is 0 Å². The number of fused-ring (bicyclic) bond motifs is 1. The number of carbonyl (C=O) groups excluding carboxylic acids is 1. The van der Waals surface area contributed by atoms with Crippen LogP contribution in [-0.4, -0.2) is 10.8 Å². The second-order valence-electron chi connectivity index (χ2n) is 5.21. The molecule has 0 atom stereocenters. The molecule has 0 saturated heterocycles. The first-order valence-corrected chi connectivity index (χ1v) is 7.20. The van der Waals surface area contributed by atoms with Gasteiger partial charge < -0.3 is 0 Å². The van der Waals surface area contributed by atoms with Crippen molar-refractivity contribution in [2.45, 2.75) is 19.3 Å². The number of hydrogen-bond acceptors (Lipinski definition) is 2. The van der Waals surface area contributed by atoms with Gasteiger partial charge in [-0.15, -0.1) is 0 Å². The van der Waals surface area contributed by atoms with Crippen molar-refractivity contribution in [3.63, 3.8) is 0 Å². The first-order valence-electron chi connectivity index (χ1n) is 7.20. The van der Waals surface area contributed by atoms with Crippen LogP contribution >= 0.6 is 0 Å². The van der Waals surface area contributed by atoms with E-state index in [9.17, 15) is 4.79 Å². The van der Waals surface area contributed by atoms with Gasteiger partial charge in [0.25, 0.3) is 0 Å². The average Bonchev–Trinajstić information content (AvgIpc) is 2.54. The van der Waals surface area contributed by atoms with E-state index in [1.54, 1.807) is 6.20 Å². The van der Waals surface area contributed by atoms with Crippen molar-refractivity contribution in [2.75, 3.05) is 0 Å². The van der Waals surface area contributed by atoms with E-state index in [1.165, 1.54) is 10.8 Å². The Kier molecular flexibility index (Phi) is 4.06. The Hall–Kier alpha value is -2.48. The average molecular weight is 275 g/mol. The van der Waals surface area contributed by atoms with Gasteiger partial charge in [-0.3, -0.25) is 9.78 Å². The number of aromatic nitrogens is 1. The molecule has 0 aliphatic heterocycles. The summed E-state index contributed by atoms with van der Waals surface area (Å²) in [7, 11) is 0. The standard InChI is InChI=1S/C19H17NO/c21-18(11-10-15-5-4-12-20-14-15)13-17-8-3-7-16-6-1-2-9-19(16)17/h1-9,12,14H,10-11,13H2. The molecule has 3 aromatic rings. The molecule has 0 fully saturated rings. The van der Waals surface area contributed by atoms with Crippen LogP contribution in [0.3, 0.4) is 0 Å². The maximum atomic E-state index is 12.2. The van der Waals surface area contributed by atoms with Gasteiger partial charge in [-0.1, -0.05) is 48.5 Å². The maximum Gasteiger partial charge on any atom is 0.137 e. The molecule has 0 spiro atoms. The lowest BCUT2D eigenvalue weighted by Crippen LogP contribution is -2.05. The third-order valence-electron chi connectivity index (χ3n) is 3.68. The van der Waals surface area contributed by atoms with Gasteiger partial charge in [0.1, 0.15) is 5.78 Å². The number of ketones is 1. The molecule has 0 unspecified atom stereocenters. The quantitative estimate of drug-likeness (QED) is 0.705. The maximum absolute atomic E-state index is 12.2. The topological polar surface area (TPSA) is 30.0 Å². The third kappa shape index (κ3) is 3.34. The number of Topliss-reactive ketones (excluding diaryl/α,β-unsaturated/α-hetero) is 1. The van der Waals surface area contributed by atoms with Crippen molar-refractivity contribution in [1.82, 2.24) is 4.98 Å². The molecule has 3 rings (SSSR count). The third-order valence-corrected chi connectivity index (χ3v) is 3.68. The Labute approximate surface area is 124 Å². The van der Waals surface area contributed by atoms with E-state index in [2.05, 4.69) is 23.2 Å². The van der Waals surface area contributed by atoms with Crippen LogP contribution in [0.1, 0.15) is 17.5 Å². The van der Waals surface area contributed by atoms with Crippen LogP contribution in [0.4, 0.5) is 0 Å². The Morgan fingerprint density at radius 3 is 2.67 bits per heavy atom. The predicted octanol–water partition coefficient (Wildman–Crippen LogP) is 3.98. The number of rotatable bonds is 5. The van der Waals surface area contributed by atoms with Gasteiger partial charge in [-0.2, -0.15) is 0 Å². The summed E-state index contributed by atoms with van der Waals surface area (Å²) in [6, 6.07) is 18.3. The second kappa shape index (κ2) is 6.31. The number of aryl methyl sites for hydroxylation is 1. The molecule has 0 bridgehead atoms. The summed E-state index contributed by atoms with van der Waals surface area (Å²) in [5, 5.41) is 2.37. The summed E-state index contributed by atoms with van der Waals surface area (Å²) < 4.78 is 0. The van der Waals surface area contributed by atoms with E-state index in [0.717, 1.165) is 17.5 Å². The summed E-state index contributed by atoms with van der Waals surface area (Å²) in [5.74, 6) is 0.273.